The maximum absolute atomic E-state index is 10.4. The Morgan fingerprint density at radius 2 is 2.00 bits per heavy atom. The highest BCUT2D eigenvalue weighted by atomic mass is 16.5. The lowest BCUT2D eigenvalue weighted by atomic mass is 10.0. The van der Waals surface area contributed by atoms with Crippen molar-refractivity contribution in [2.45, 2.75) is 33.3 Å². The molecule has 0 spiro atoms. The Bertz CT molecular complexity index is 392. The van der Waals surface area contributed by atoms with E-state index in [9.17, 15) is 5.11 Å². The van der Waals surface area contributed by atoms with Gasteiger partial charge in [-0.15, -0.1) is 0 Å². The Kier molecular flexibility index (Phi) is 6.32. The largest absolute Gasteiger partial charge is 0.496 e. The second kappa shape index (κ2) is 7.51. The van der Waals surface area contributed by atoms with Crippen LogP contribution < -0.4 is 4.74 Å². The van der Waals surface area contributed by atoms with Crippen LogP contribution in [-0.2, 0) is 0 Å². The lowest BCUT2D eigenvalue weighted by Crippen LogP contribution is -2.29. The summed E-state index contributed by atoms with van der Waals surface area (Å²) in [5, 5.41) is 10.4. The topological polar surface area (TPSA) is 32.7 Å². The van der Waals surface area contributed by atoms with E-state index >= 15 is 0 Å². The van der Waals surface area contributed by atoms with E-state index in [4.69, 9.17) is 4.74 Å². The summed E-state index contributed by atoms with van der Waals surface area (Å²) in [5.41, 5.74) is 2.01. The van der Waals surface area contributed by atoms with Crippen LogP contribution in [0.15, 0.2) is 18.2 Å². The van der Waals surface area contributed by atoms with Crippen LogP contribution in [0, 0.1) is 12.8 Å². The Labute approximate surface area is 117 Å². The summed E-state index contributed by atoms with van der Waals surface area (Å²) in [5.74, 6) is 1.41. The number of benzene rings is 1. The average Bonchev–Trinajstić information content (AvgIpc) is 2.38. The van der Waals surface area contributed by atoms with E-state index in [2.05, 4.69) is 25.8 Å². The number of nitrogens with zero attached hydrogens (tertiary/aromatic N) is 1. The van der Waals surface area contributed by atoms with Gasteiger partial charge in [-0.05, 0) is 32.0 Å². The molecule has 1 aromatic rings. The molecule has 0 fully saturated rings. The summed E-state index contributed by atoms with van der Waals surface area (Å²) >= 11 is 0. The molecule has 3 heteroatoms. The number of aliphatic hydroxyl groups excluding tert-OH is 1. The van der Waals surface area contributed by atoms with Crippen molar-refractivity contribution >= 4 is 0 Å². The van der Waals surface area contributed by atoms with Crippen molar-refractivity contribution in [3.63, 3.8) is 0 Å². The first-order valence-corrected chi connectivity index (χ1v) is 6.99. The molecule has 19 heavy (non-hydrogen) atoms. The monoisotopic (exact) mass is 265 g/mol. The molecule has 0 bridgehead atoms. The fraction of sp³-hybridized carbons (Fsp3) is 0.625. The zero-order valence-corrected chi connectivity index (χ0v) is 12.8. The van der Waals surface area contributed by atoms with Gasteiger partial charge >= 0.3 is 0 Å². The van der Waals surface area contributed by atoms with Crippen molar-refractivity contribution in [3.05, 3.63) is 29.3 Å². The molecular formula is C16H27NO2. The van der Waals surface area contributed by atoms with Crippen LogP contribution in [0.3, 0.4) is 0 Å². The van der Waals surface area contributed by atoms with Crippen molar-refractivity contribution in [1.29, 1.82) is 0 Å². The summed E-state index contributed by atoms with van der Waals surface area (Å²) in [6.45, 7) is 8.08. The van der Waals surface area contributed by atoms with E-state index in [0.29, 0.717) is 12.5 Å². The van der Waals surface area contributed by atoms with Gasteiger partial charge in [0, 0.05) is 18.7 Å². The highest BCUT2D eigenvalue weighted by Gasteiger charge is 2.16. The zero-order valence-electron chi connectivity index (χ0n) is 12.8. The van der Waals surface area contributed by atoms with Crippen molar-refractivity contribution in [1.82, 2.24) is 4.90 Å². The second-order valence-electron chi connectivity index (χ2n) is 5.50. The Hall–Kier alpha value is -1.06. The Balaban J connectivity index is 2.71. The minimum absolute atomic E-state index is 0.510. The fourth-order valence-corrected chi connectivity index (χ4v) is 2.24. The third-order valence-corrected chi connectivity index (χ3v) is 3.55. The second-order valence-corrected chi connectivity index (χ2v) is 5.50. The fourth-order valence-electron chi connectivity index (χ4n) is 2.24. The highest BCUT2D eigenvalue weighted by molar-refractivity contribution is 5.38. The Morgan fingerprint density at radius 3 is 2.58 bits per heavy atom. The molecule has 0 saturated carbocycles. The number of methoxy groups -OCH3 is 1. The van der Waals surface area contributed by atoms with Crippen LogP contribution in [0.1, 0.15) is 37.5 Å². The van der Waals surface area contributed by atoms with Gasteiger partial charge in [-0.2, -0.15) is 0 Å². The molecular weight excluding hydrogens is 238 g/mol. The van der Waals surface area contributed by atoms with Gasteiger partial charge in [-0.1, -0.05) is 31.9 Å². The first-order chi connectivity index (χ1) is 8.97. The number of hydrogen-bond acceptors (Lipinski definition) is 3. The lowest BCUT2D eigenvalue weighted by Gasteiger charge is -2.24. The highest BCUT2D eigenvalue weighted by Crippen LogP contribution is 2.26. The number of aliphatic hydroxyl groups is 1. The van der Waals surface area contributed by atoms with Crippen LogP contribution in [0.2, 0.25) is 0 Å². The van der Waals surface area contributed by atoms with Crippen LogP contribution in [-0.4, -0.2) is 37.3 Å². The first-order valence-electron chi connectivity index (χ1n) is 6.99. The van der Waals surface area contributed by atoms with E-state index in [0.717, 1.165) is 29.8 Å². The van der Waals surface area contributed by atoms with Crippen molar-refractivity contribution in [2.75, 3.05) is 27.2 Å². The summed E-state index contributed by atoms with van der Waals surface area (Å²) < 4.78 is 5.33. The van der Waals surface area contributed by atoms with Gasteiger partial charge < -0.3 is 14.7 Å². The van der Waals surface area contributed by atoms with Gasteiger partial charge in [-0.25, -0.2) is 0 Å². The molecule has 0 heterocycles. The van der Waals surface area contributed by atoms with Gasteiger partial charge in [0.05, 0.1) is 13.2 Å². The van der Waals surface area contributed by atoms with Gasteiger partial charge in [0.2, 0.25) is 0 Å². The lowest BCUT2D eigenvalue weighted by molar-refractivity contribution is 0.117. The smallest absolute Gasteiger partial charge is 0.124 e. The molecule has 0 aliphatic carbocycles. The number of rotatable bonds is 7. The maximum Gasteiger partial charge on any atom is 0.124 e. The van der Waals surface area contributed by atoms with E-state index in [1.165, 1.54) is 0 Å². The minimum Gasteiger partial charge on any atom is -0.496 e. The van der Waals surface area contributed by atoms with Gasteiger partial charge in [0.1, 0.15) is 5.75 Å². The third-order valence-electron chi connectivity index (χ3n) is 3.55. The molecule has 108 valence electrons. The predicted octanol–water partition coefficient (Wildman–Crippen LogP) is 3.01. The molecule has 1 aromatic carbocycles. The molecule has 2 atom stereocenters. The standard InChI is InChI=1S/C16H27NO2/c1-6-12(2)10-17(4)11-15(18)14-9-13(3)7-8-16(14)19-5/h7-9,12,15,18H,6,10-11H2,1-5H3. The summed E-state index contributed by atoms with van der Waals surface area (Å²) in [6.07, 6.45) is 0.651. The normalized spacial score (nSPS) is 14.5. The molecule has 0 saturated heterocycles. The van der Waals surface area contributed by atoms with E-state index < -0.39 is 6.10 Å². The van der Waals surface area contributed by atoms with E-state index in [1.54, 1.807) is 7.11 Å². The molecule has 0 aliphatic heterocycles. The van der Waals surface area contributed by atoms with Gasteiger partial charge in [0.15, 0.2) is 0 Å². The first kappa shape index (κ1) is 16.0. The van der Waals surface area contributed by atoms with E-state index in [1.807, 2.05) is 25.1 Å². The molecule has 0 radical (unpaired) electrons. The van der Waals surface area contributed by atoms with E-state index in [-0.39, 0.29) is 0 Å². The van der Waals surface area contributed by atoms with Crippen molar-refractivity contribution in [2.24, 2.45) is 5.92 Å². The number of hydrogen-bond donors (Lipinski definition) is 1. The van der Waals surface area contributed by atoms with Crippen LogP contribution in [0.5, 0.6) is 5.75 Å². The van der Waals surface area contributed by atoms with Crippen molar-refractivity contribution < 1.29 is 9.84 Å². The number of aryl methyl sites for hydroxylation is 1. The Morgan fingerprint density at radius 1 is 1.32 bits per heavy atom. The maximum atomic E-state index is 10.4. The molecule has 0 amide bonds. The SMILES string of the molecule is CCC(C)CN(C)CC(O)c1cc(C)ccc1OC. The van der Waals surface area contributed by atoms with Crippen LogP contribution >= 0.6 is 0 Å². The molecule has 1 N–H and O–H groups in total. The number of ether oxygens (including phenoxy) is 1. The molecule has 1 rings (SSSR count). The van der Waals surface area contributed by atoms with Crippen LogP contribution in [0.25, 0.3) is 0 Å². The number of likely N-dealkylation sites (N-methyl/N-ethyl adjacent to an activating group) is 1. The summed E-state index contributed by atoms with van der Waals surface area (Å²) in [4.78, 5) is 2.18. The third kappa shape index (κ3) is 4.84. The van der Waals surface area contributed by atoms with Crippen LogP contribution in [0.4, 0.5) is 0 Å². The molecule has 0 aliphatic rings. The average molecular weight is 265 g/mol. The predicted molar refractivity (Wildman–Crippen MR) is 79.6 cm³/mol. The zero-order chi connectivity index (χ0) is 14.4. The van der Waals surface area contributed by atoms with Gasteiger partial charge in [0.25, 0.3) is 0 Å². The molecule has 0 aromatic heterocycles. The summed E-state index contributed by atoms with van der Waals surface area (Å²) in [6, 6.07) is 5.92. The molecule has 2 unspecified atom stereocenters. The van der Waals surface area contributed by atoms with Crippen molar-refractivity contribution in [3.8, 4) is 5.75 Å². The molecule has 3 nitrogen and oxygen atoms in total. The van der Waals surface area contributed by atoms with Gasteiger partial charge in [-0.3, -0.25) is 0 Å². The summed E-state index contributed by atoms with van der Waals surface area (Å²) in [7, 11) is 3.70. The quantitative estimate of drug-likeness (QED) is 0.822. The minimum atomic E-state index is -0.510.